The summed E-state index contributed by atoms with van der Waals surface area (Å²) in [5.41, 5.74) is -0.426. The lowest BCUT2D eigenvalue weighted by molar-refractivity contribution is -0.133. The van der Waals surface area contributed by atoms with Crippen LogP contribution in [0, 0.1) is 0 Å². The number of carbonyl (C=O) groups is 1. The van der Waals surface area contributed by atoms with E-state index in [1.165, 1.54) is 13.8 Å². The lowest BCUT2D eigenvalue weighted by atomic mass is 9.97. The Morgan fingerprint density at radius 1 is 1.47 bits per heavy atom. The summed E-state index contributed by atoms with van der Waals surface area (Å²) in [7, 11) is 1.58. The fraction of sp³-hybridized carbons (Fsp3) is 0.417. The van der Waals surface area contributed by atoms with Crippen LogP contribution in [0.1, 0.15) is 19.4 Å². The van der Waals surface area contributed by atoms with Gasteiger partial charge in [0.15, 0.2) is 5.78 Å². The van der Waals surface area contributed by atoms with Crippen LogP contribution in [0.5, 0.6) is 5.75 Å². The van der Waals surface area contributed by atoms with Crippen LogP contribution in [0.15, 0.2) is 24.3 Å². The van der Waals surface area contributed by atoms with Crippen molar-refractivity contribution in [1.29, 1.82) is 0 Å². The molecular weight excluding hydrogens is 192 g/mol. The zero-order chi connectivity index (χ0) is 11.5. The third kappa shape index (κ3) is 3.36. The summed E-state index contributed by atoms with van der Waals surface area (Å²) < 4.78 is 5.05. The van der Waals surface area contributed by atoms with E-state index in [1.807, 2.05) is 18.2 Å². The SMILES string of the molecule is COc1cccc(CC(=O)C(C)(C)O)c1. The minimum absolute atomic E-state index is 0.198. The van der Waals surface area contributed by atoms with E-state index in [4.69, 9.17) is 4.74 Å². The van der Waals surface area contributed by atoms with Crippen LogP contribution in [0.25, 0.3) is 0 Å². The van der Waals surface area contributed by atoms with E-state index in [0.29, 0.717) is 0 Å². The molecule has 15 heavy (non-hydrogen) atoms. The van der Waals surface area contributed by atoms with Crippen LogP contribution in [0.3, 0.4) is 0 Å². The predicted octanol–water partition coefficient (Wildman–Crippen LogP) is 1.58. The maximum atomic E-state index is 11.5. The van der Waals surface area contributed by atoms with Crippen molar-refractivity contribution in [2.24, 2.45) is 0 Å². The monoisotopic (exact) mass is 208 g/mol. The van der Waals surface area contributed by atoms with Crippen LogP contribution >= 0.6 is 0 Å². The van der Waals surface area contributed by atoms with Crippen molar-refractivity contribution in [2.45, 2.75) is 25.9 Å². The normalized spacial score (nSPS) is 11.2. The highest BCUT2D eigenvalue weighted by atomic mass is 16.5. The van der Waals surface area contributed by atoms with Gasteiger partial charge in [0.25, 0.3) is 0 Å². The van der Waals surface area contributed by atoms with Gasteiger partial charge in [-0.15, -0.1) is 0 Å². The van der Waals surface area contributed by atoms with E-state index in [1.54, 1.807) is 13.2 Å². The molecule has 0 aliphatic carbocycles. The molecule has 0 aromatic heterocycles. The minimum Gasteiger partial charge on any atom is -0.497 e. The van der Waals surface area contributed by atoms with Crippen molar-refractivity contribution in [3.8, 4) is 5.75 Å². The van der Waals surface area contributed by atoms with E-state index in [0.717, 1.165) is 11.3 Å². The Morgan fingerprint density at radius 3 is 2.67 bits per heavy atom. The minimum atomic E-state index is -1.27. The quantitative estimate of drug-likeness (QED) is 0.817. The van der Waals surface area contributed by atoms with Gasteiger partial charge in [0.2, 0.25) is 0 Å². The first kappa shape index (κ1) is 11.7. The topological polar surface area (TPSA) is 46.5 Å². The first-order valence-corrected chi connectivity index (χ1v) is 4.82. The van der Waals surface area contributed by atoms with E-state index in [9.17, 15) is 9.90 Å². The predicted molar refractivity (Wildman–Crippen MR) is 58.0 cm³/mol. The van der Waals surface area contributed by atoms with Gasteiger partial charge in [-0.1, -0.05) is 12.1 Å². The van der Waals surface area contributed by atoms with Crippen LogP contribution in [-0.4, -0.2) is 23.6 Å². The molecule has 0 heterocycles. The van der Waals surface area contributed by atoms with E-state index in [2.05, 4.69) is 0 Å². The van der Waals surface area contributed by atoms with Gasteiger partial charge in [0, 0.05) is 6.42 Å². The molecule has 0 fully saturated rings. The Morgan fingerprint density at radius 2 is 2.13 bits per heavy atom. The number of benzene rings is 1. The molecule has 0 spiro atoms. The molecule has 0 saturated carbocycles. The van der Waals surface area contributed by atoms with Gasteiger partial charge in [-0.25, -0.2) is 0 Å². The number of hydrogen-bond donors (Lipinski definition) is 1. The Balaban J connectivity index is 2.77. The average Bonchev–Trinajstić information content (AvgIpc) is 2.16. The highest BCUT2D eigenvalue weighted by Crippen LogP contribution is 2.15. The lowest BCUT2D eigenvalue weighted by Crippen LogP contribution is -2.32. The zero-order valence-electron chi connectivity index (χ0n) is 9.28. The Hall–Kier alpha value is -1.35. The summed E-state index contributed by atoms with van der Waals surface area (Å²) in [5, 5.41) is 9.49. The summed E-state index contributed by atoms with van der Waals surface area (Å²) in [6.45, 7) is 2.99. The zero-order valence-corrected chi connectivity index (χ0v) is 9.28. The van der Waals surface area contributed by atoms with Crippen molar-refractivity contribution >= 4 is 5.78 Å². The molecule has 0 aliphatic heterocycles. The molecule has 0 bridgehead atoms. The smallest absolute Gasteiger partial charge is 0.168 e. The number of carbonyl (C=O) groups excluding carboxylic acids is 1. The summed E-state index contributed by atoms with van der Waals surface area (Å²) in [6.07, 6.45) is 0.223. The lowest BCUT2D eigenvalue weighted by Gasteiger charge is -2.15. The third-order valence-electron chi connectivity index (χ3n) is 2.18. The molecule has 0 radical (unpaired) electrons. The average molecular weight is 208 g/mol. The number of aliphatic hydroxyl groups is 1. The molecule has 3 nitrogen and oxygen atoms in total. The van der Waals surface area contributed by atoms with E-state index < -0.39 is 5.60 Å². The van der Waals surface area contributed by atoms with E-state index >= 15 is 0 Å². The van der Waals surface area contributed by atoms with E-state index in [-0.39, 0.29) is 12.2 Å². The van der Waals surface area contributed by atoms with Crippen LogP contribution in [-0.2, 0) is 11.2 Å². The Kier molecular flexibility index (Phi) is 3.48. The molecule has 0 unspecified atom stereocenters. The second-order valence-corrected chi connectivity index (χ2v) is 4.01. The van der Waals surface area contributed by atoms with Gasteiger partial charge >= 0.3 is 0 Å². The van der Waals surface area contributed by atoms with Crippen molar-refractivity contribution < 1.29 is 14.6 Å². The highest BCUT2D eigenvalue weighted by molar-refractivity contribution is 5.88. The molecule has 1 aromatic rings. The van der Waals surface area contributed by atoms with Crippen LogP contribution in [0.4, 0.5) is 0 Å². The number of Topliss-reactive ketones (excluding diaryl/α,β-unsaturated/α-hetero) is 1. The van der Waals surface area contributed by atoms with Crippen molar-refractivity contribution in [3.05, 3.63) is 29.8 Å². The molecule has 3 heteroatoms. The van der Waals surface area contributed by atoms with Gasteiger partial charge in [-0.2, -0.15) is 0 Å². The summed E-state index contributed by atoms with van der Waals surface area (Å²) in [5.74, 6) is 0.520. The fourth-order valence-corrected chi connectivity index (χ4v) is 1.18. The maximum absolute atomic E-state index is 11.5. The maximum Gasteiger partial charge on any atom is 0.168 e. The van der Waals surface area contributed by atoms with Crippen molar-refractivity contribution in [3.63, 3.8) is 0 Å². The second-order valence-electron chi connectivity index (χ2n) is 4.01. The van der Waals surface area contributed by atoms with Crippen LogP contribution < -0.4 is 4.74 Å². The van der Waals surface area contributed by atoms with Crippen molar-refractivity contribution in [1.82, 2.24) is 0 Å². The summed E-state index contributed by atoms with van der Waals surface area (Å²) in [6, 6.07) is 7.28. The summed E-state index contributed by atoms with van der Waals surface area (Å²) >= 11 is 0. The molecule has 0 atom stereocenters. The molecule has 0 amide bonds. The van der Waals surface area contributed by atoms with Crippen molar-refractivity contribution in [2.75, 3.05) is 7.11 Å². The molecule has 1 aromatic carbocycles. The number of hydrogen-bond acceptors (Lipinski definition) is 3. The Bertz CT molecular complexity index is 350. The first-order valence-electron chi connectivity index (χ1n) is 4.82. The fourth-order valence-electron chi connectivity index (χ4n) is 1.18. The number of ketones is 1. The standard InChI is InChI=1S/C12H16O3/c1-12(2,14)11(13)8-9-5-4-6-10(7-9)15-3/h4-7,14H,8H2,1-3H3. The molecule has 1 N–H and O–H groups in total. The van der Waals surface area contributed by atoms with Crippen LogP contribution in [0.2, 0.25) is 0 Å². The van der Waals surface area contributed by atoms with Gasteiger partial charge in [0.1, 0.15) is 11.4 Å². The third-order valence-corrected chi connectivity index (χ3v) is 2.18. The molecular formula is C12H16O3. The molecule has 0 saturated heterocycles. The largest absolute Gasteiger partial charge is 0.497 e. The summed E-state index contributed by atoms with van der Waals surface area (Å²) in [4.78, 5) is 11.5. The number of methoxy groups -OCH3 is 1. The first-order chi connectivity index (χ1) is 6.93. The van der Waals surface area contributed by atoms with Gasteiger partial charge in [0.05, 0.1) is 7.11 Å². The molecule has 82 valence electrons. The van der Waals surface area contributed by atoms with Gasteiger partial charge in [-0.05, 0) is 31.5 Å². The highest BCUT2D eigenvalue weighted by Gasteiger charge is 2.23. The van der Waals surface area contributed by atoms with Gasteiger partial charge in [-0.3, -0.25) is 4.79 Å². The van der Waals surface area contributed by atoms with Gasteiger partial charge < -0.3 is 9.84 Å². The number of rotatable bonds is 4. The molecule has 1 rings (SSSR count). The number of ether oxygens (including phenoxy) is 1. The second kappa shape index (κ2) is 4.45. The molecule has 0 aliphatic rings. The Labute approximate surface area is 89.7 Å².